The zero-order valence-electron chi connectivity index (χ0n) is 17.5. The molecule has 2 aromatic heterocycles. The number of fused-ring (bicyclic) bond motifs is 1. The van der Waals surface area contributed by atoms with Gasteiger partial charge in [0.25, 0.3) is 5.91 Å². The Kier molecular flexibility index (Phi) is 7.11. The molecule has 0 unspecified atom stereocenters. The number of amides is 2. The van der Waals surface area contributed by atoms with Crippen molar-refractivity contribution in [1.29, 1.82) is 0 Å². The predicted octanol–water partition coefficient (Wildman–Crippen LogP) is 4.80. The lowest BCUT2D eigenvalue weighted by atomic mass is 10.1. The van der Waals surface area contributed by atoms with Crippen molar-refractivity contribution in [2.75, 3.05) is 23.7 Å². The maximum Gasteiger partial charge on any atom is 0.258 e. The molecule has 162 valence electrons. The van der Waals surface area contributed by atoms with E-state index >= 15 is 0 Å². The lowest BCUT2D eigenvalue weighted by molar-refractivity contribution is -0.117. The summed E-state index contributed by atoms with van der Waals surface area (Å²) >= 11 is 2.98. The number of hydrogen-bond donors (Lipinski definition) is 2. The fourth-order valence-electron chi connectivity index (χ4n) is 3.54. The van der Waals surface area contributed by atoms with Gasteiger partial charge in [0.1, 0.15) is 0 Å². The number of unbranched alkanes of at least 4 members (excludes halogenated alkanes) is 1. The molecule has 0 radical (unpaired) electrons. The second-order valence-corrected chi connectivity index (χ2v) is 9.53. The van der Waals surface area contributed by atoms with E-state index in [1.165, 1.54) is 41.1 Å². The molecule has 8 heteroatoms. The largest absolute Gasteiger partial charge is 0.325 e. The highest BCUT2D eigenvalue weighted by atomic mass is 32.1. The number of thiophene rings is 1. The number of carbonyl (C=O) groups excluding carboxylic acids is 2. The van der Waals surface area contributed by atoms with Gasteiger partial charge in [0.2, 0.25) is 5.91 Å². The normalized spacial score (nSPS) is 13.6. The Labute approximate surface area is 190 Å². The van der Waals surface area contributed by atoms with E-state index in [1.807, 2.05) is 22.9 Å². The van der Waals surface area contributed by atoms with Crippen LogP contribution in [0.1, 0.15) is 46.3 Å². The minimum atomic E-state index is -0.135. The van der Waals surface area contributed by atoms with Crippen LogP contribution < -0.4 is 10.6 Å². The molecule has 2 amide bonds. The third-order valence-corrected chi connectivity index (χ3v) is 6.92. The molecule has 0 saturated carbocycles. The molecule has 1 aliphatic rings. The van der Waals surface area contributed by atoms with Crippen LogP contribution in [0.5, 0.6) is 0 Å². The van der Waals surface area contributed by atoms with E-state index in [0.717, 1.165) is 35.6 Å². The number of anilines is 2. The highest BCUT2D eigenvalue weighted by molar-refractivity contribution is 7.16. The molecule has 3 aromatic rings. The van der Waals surface area contributed by atoms with Gasteiger partial charge in [-0.1, -0.05) is 25.5 Å². The zero-order chi connectivity index (χ0) is 21.6. The van der Waals surface area contributed by atoms with Crippen molar-refractivity contribution in [3.63, 3.8) is 0 Å². The van der Waals surface area contributed by atoms with Crippen molar-refractivity contribution < 1.29 is 9.59 Å². The van der Waals surface area contributed by atoms with Gasteiger partial charge in [-0.05, 0) is 42.0 Å². The highest BCUT2D eigenvalue weighted by Crippen LogP contribution is 2.28. The monoisotopic (exact) mass is 454 g/mol. The molecule has 31 heavy (non-hydrogen) atoms. The second kappa shape index (κ2) is 10.2. The van der Waals surface area contributed by atoms with Gasteiger partial charge in [0.15, 0.2) is 5.13 Å². The fourth-order valence-corrected chi connectivity index (χ4v) is 5.22. The maximum atomic E-state index is 12.5. The molecule has 1 aliphatic heterocycles. The van der Waals surface area contributed by atoms with E-state index < -0.39 is 0 Å². The summed E-state index contributed by atoms with van der Waals surface area (Å²) in [5.41, 5.74) is 3.80. The van der Waals surface area contributed by atoms with Gasteiger partial charge in [-0.25, -0.2) is 4.98 Å². The molecule has 0 aliphatic carbocycles. The van der Waals surface area contributed by atoms with Crippen LogP contribution in [0.3, 0.4) is 0 Å². The van der Waals surface area contributed by atoms with Crippen LogP contribution in [0.25, 0.3) is 0 Å². The predicted molar refractivity (Wildman–Crippen MR) is 127 cm³/mol. The second-order valence-electron chi connectivity index (χ2n) is 7.66. The van der Waals surface area contributed by atoms with Crippen LogP contribution >= 0.6 is 22.7 Å². The molecular weight excluding hydrogens is 428 g/mol. The molecule has 0 atom stereocenters. The van der Waals surface area contributed by atoms with Gasteiger partial charge in [-0.15, -0.1) is 11.3 Å². The van der Waals surface area contributed by atoms with Gasteiger partial charge >= 0.3 is 0 Å². The standard InChI is InChI=1S/C23H26N4O2S2/c1-2-3-4-16-5-7-18(8-6-16)24-21(28)14-27-11-9-19-20(13-27)31-23(25-19)26-22(29)17-10-12-30-15-17/h5-8,10,12,15H,2-4,9,11,13-14H2,1H3,(H,24,28)(H,25,26,29). The number of benzene rings is 1. The molecule has 2 N–H and O–H groups in total. The van der Waals surface area contributed by atoms with Crippen LogP contribution in [-0.2, 0) is 24.2 Å². The number of aryl methyl sites for hydroxylation is 1. The van der Waals surface area contributed by atoms with E-state index in [2.05, 4.69) is 39.6 Å². The maximum absolute atomic E-state index is 12.5. The minimum absolute atomic E-state index is 0.0137. The molecule has 0 saturated heterocycles. The highest BCUT2D eigenvalue weighted by Gasteiger charge is 2.23. The Balaban J connectivity index is 1.29. The first-order chi connectivity index (χ1) is 15.1. The molecular formula is C23H26N4O2S2. The summed E-state index contributed by atoms with van der Waals surface area (Å²) < 4.78 is 0. The van der Waals surface area contributed by atoms with Crippen molar-refractivity contribution in [2.45, 2.75) is 39.2 Å². The Hall–Kier alpha value is -2.55. The number of rotatable bonds is 8. The molecule has 1 aromatic carbocycles. The summed E-state index contributed by atoms with van der Waals surface area (Å²) in [4.78, 5) is 32.6. The van der Waals surface area contributed by atoms with Crippen molar-refractivity contribution in [3.8, 4) is 0 Å². The first-order valence-electron chi connectivity index (χ1n) is 10.5. The first kappa shape index (κ1) is 21.7. The molecule has 4 rings (SSSR count). The molecule has 3 heterocycles. The van der Waals surface area contributed by atoms with Crippen molar-refractivity contribution in [3.05, 3.63) is 62.8 Å². The van der Waals surface area contributed by atoms with Crippen molar-refractivity contribution in [1.82, 2.24) is 9.88 Å². The Bertz CT molecular complexity index is 1030. The van der Waals surface area contributed by atoms with Crippen LogP contribution in [0, 0.1) is 0 Å². The number of aromatic nitrogens is 1. The topological polar surface area (TPSA) is 74.3 Å². The molecule has 0 bridgehead atoms. The molecule has 0 fully saturated rings. The zero-order valence-corrected chi connectivity index (χ0v) is 19.2. The van der Waals surface area contributed by atoms with Gasteiger partial charge in [-0.3, -0.25) is 19.8 Å². The number of thiazole rings is 1. The summed E-state index contributed by atoms with van der Waals surface area (Å²) in [6, 6.07) is 9.92. The average molecular weight is 455 g/mol. The van der Waals surface area contributed by atoms with Gasteiger partial charge in [0.05, 0.1) is 17.8 Å². The SMILES string of the molecule is CCCCc1ccc(NC(=O)CN2CCc3nc(NC(=O)c4ccsc4)sc3C2)cc1. The Morgan fingerprint density at radius 2 is 2.00 bits per heavy atom. The number of hydrogen-bond acceptors (Lipinski definition) is 6. The van der Waals surface area contributed by atoms with E-state index in [1.54, 1.807) is 6.07 Å². The lowest BCUT2D eigenvalue weighted by Crippen LogP contribution is -2.36. The van der Waals surface area contributed by atoms with E-state index in [0.29, 0.717) is 23.8 Å². The van der Waals surface area contributed by atoms with Crippen LogP contribution in [0.4, 0.5) is 10.8 Å². The van der Waals surface area contributed by atoms with E-state index in [-0.39, 0.29) is 11.8 Å². The summed E-state index contributed by atoms with van der Waals surface area (Å²) in [5, 5.41) is 10.2. The molecule has 6 nitrogen and oxygen atoms in total. The Morgan fingerprint density at radius 1 is 1.16 bits per heavy atom. The smallest absolute Gasteiger partial charge is 0.258 e. The van der Waals surface area contributed by atoms with Gasteiger partial charge in [-0.2, -0.15) is 11.3 Å². The number of nitrogens with one attached hydrogen (secondary N) is 2. The summed E-state index contributed by atoms with van der Waals surface area (Å²) in [5.74, 6) is -0.149. The van der Waals surface area contributed by atoms with Crippen LogP contribution in [0.2, 0.25) is 0 Å². The average Bonchev–Trinajstić information content (AvgIpc) is 3.42. The first-order valence-corrected chi connectivity index (χ1v) is 12.3. The van der Waals surface area contributed by atoms with E-state index in [9.17, 15) is 9.59 Å². The van der Waals surface area contributed by atoms with Gasteiger partial charge < -0.3 is 5.32 Å². The van der Waals surface area contributed by atoms with Crippen LogP contribution in [-0.4, -0.2) is 34.8 Å². The quantitative estimate of drug-likeness (QED) is 0.513. The Morgan fingerprint density at radius 3 is 2.74 bits per heavy atom. The summed E-state index contributed by atoms with van der Waals surface area (Å²) in [6.07, 6.45) is 4.21. The van der Waals surface area contributed by atoms with Crippen molar-refractivity contribution in [2.24, 2.45) is 0 Å². The minimum Gasteiger partial charge on any atom is -0.325 e. The fraction of sp³-hybridized carbons (Fsp3) is 0.348. The molecule has 0 spiro atoms. The van der Waals surface area contributed by atoms with E-state index in [4.69, 9.17) is 0 Å². The lowest BCUT2D eigenvalue weighted by Gasteiger charge is -2.25. The number of nitrogens with zero attached hydrogens (tertiary/aromatic N) is 2. The summed E-state index contributed by atoms with van der Waals surface area (Å²) in [6.45, 7) is 3.97. The van der Waals surface area contributed by atoms with Gasteiger partial charge in [0, 0.05) is 35.5 Å². The third kappa shape index (κ3) is 5.78. The third-order valence-electron chi connectivity index (χ3n) is 5.24. The number of carbonyl (C=O) groups is 2. The van der Waals surface area contributed by atoms with Crippen LogP contribution in [0.15, 0.2) is 41.1 Å². The van der Waals surface area contributed by atoms with Crippen molar-refractivity contribution >= 4 is 45.3 Å². The summed E-state index contributed by atoms with van der Waals surface area (Å²) in [7, 11) is 0.